The molecule has 2 fully saturated rings. The summed E-state index contributed by atoms with van der Waals surface area (Å²) in [5.74, 6) is -0.267. The van der Waals surface area contributed by atoms with E-state index in [2.05, 4.69) is 18.7 Å². The number of hydrogen-bond donors (Lipinski definition) is 0. The lowest BCUT2D eigenvalue weighted by molar-refractivity contribution is -0.133. The number of piperazine rings is 1. The molecule has 0 aromatic heterocycles. The van der Waals surface area contributed by atoms with Gasteiger partial charge < -0.3 is 14.7 Å². The van der Waals surface area contributed by atoms with Crippen molar-refractivity contribution in [1.82, 2.24) is 19.6 Å². The normalized spacial score (nSPS) is 18.9. The number of rotatable bonds is 5. The van der Waals surface area contributed by atoms with Gasteiger partial charge in [0, 0.05) is 51.9 Å². The molecule has 7 heteroatoms. The largest absolute Gasteiger partial charge is 0.339 e. The molecule has 3 rings (SSSR count). The summed E-state index contributed by atoms with van der Waals surface area (Å²) in [5.41, 5.74) is 0.887. The van der Waals surface area contributed by atoms with E-state index in [0.29, 0.717) is 25.7 Å². The van der Waals surface area contributed by atoms with Crippen LogP contribution < -0.4 is 0 Å². The maximum Gasteiger partial charge on any atom is 0.320 e. The lowest BCUT2D eigenvalue weighted by Crippen LogP contribution is -2.53. The third-order valence-electron chi connectivity index (χ3n) is 5.19. The summed E-state index contributed by atoms with van der Waals surface area (Å²) in [6.45, 7) is 9.25. The number of amides is 3. The first kappa shape index (κ1) is 18.6. The fraction of sp³-hybridized carbons (Fsp3) is 0.579. The molecular formula is C19H27FN4O2. The molecule has 3 amide bonds. The van der Waals surface area contributed by atoms with Gasteiger partial charge in [-0.25, -0.2) is 9.18 Å². The van der Waals surface area contributed by atoms with Crippen molar-refractivity contribution in [3.05, 3.63) is 35.6 Å². The van der Waals surface area contributed by atoms with Crippen molar-refractivity contribution in [2.75, 3.05) is 45.8 Å². The predicted molar refractivity (Wildman–Crippen MR) is 97.1 cm³/mol. The molecular weight excluding hydrogens is 335 g/mol. The summed E-state index contributed by atoms with van der Waals surface area (Å²) < 4.78 is 13.0. The SMILES string of the molecule is CC(C)N1CCN(C(=O)CN2CCN(Cc3ccc(F)cc3)C2=O)CC1. The molecule has 2 aliphatic rings. The Balaban J connectivity index is 1.49. The van der Waals surface area contributed by atoms with Gasteiger partial charge in [-0.3, -0.25) is 9.69 Å². The highest BCUT2D eigenvalue weighted by atomic mass is 19.1. The van der Waals surface area contributed by atoms with Gasteiger partial charge in [0.2, 0.25) is 5.91 Å². The Kier molecular flexibility index (Phi) is 5.76. The minimum absolute atomic E-state index is 0.0189. The average molecular weight is 362 g/mol. The van der Waals surface area contributed by atoms with Crippen molar-refractivity contribution in [3.63, 3.8) is 0 Å². The quantitative estimate of drug-likeness (QED) is 0.800. The molecule has 1 aromatic rings. The summed E-state index contributed by atoms with van der Waals surface area (Å²) >= 11 is 0. The van der Waals surface area contributed by atoms with Crippen LogP contribution in [0.25, 0.3) is 0 Å². The summed E-state index contributed by atoms with van der Waals surface area (Å²) in [5, 5.41) is 0. The molecule has 0 N–H and O–H groups in total. The second-order valence-corrected chi connectivity index (χ2v) is 7.26. The van der Waals surface area contributed by atoms with E-state index < -0.39 is 0 Å². The standard InChI is InChI=1S/C19H27FN4O2/c1-15(2)21-7-9-22(10-8-21)18(25)14-24-12-11-23(19(24)26)13-16-3-5-17(20)6-4-16/h3-6,15H,7-14H2,1-2H3. The van der Waals surface area contributed by atoms with Gasteiger partial charge in [-0.05, 0) is 31.5 Å². The van der Waals surface area contributed by atoms with Crippen molar-refractivity contribution in [3.8, 4) is 0 Å². The number of carbonyl (C=O) groups excluding carboxylic acids is 2. The molecule has 2 saturated heterocycles. The van der Waals surface area contributed by atoms with Gasteiger partial charge in [-0.1, -0.05) is 12.1 Å². The molecule has 142 valence electrons. The molecule has 0 saturated carbocycles. The van der Waals surface area contributed by atoms with Gasteiger partial charge in [0.15, 0.2) is 0 Å². The molecule has 0 spiro atoms. The van der Waals surface area contributed by atoms with Gasteiger partial charge in [0.05, 0.1) is 0 Å². The summed E-state index contributed by atoms with van der Waals surface area (Å²) in [4.78, 5) is 32.6. The monoisotopic (exact) mass is 362 g/mol. The first-order valence-corrected chi connectivity index (χ1v) is 9.24. The van der Waals surface area contributed by atoms with E-state index in [0.717, 1.165) is 31.7 Å². The van der Waals surface area contributed by atoms with Crippen LogP contribution in [0.1, 0.15) is 19.4 Å². The number of halogens is 1. The topological polar surface area (TPSA) is 47.1 Å². The zero-order chi connectivity index (χ0) is 18.7. The van der Waals surface area contributed by atoms with Crippen LogP contribution in [-0.2, 0) is 11.3 Å². The molecule has 2 aliphatic heterocycles. The highest BCUT2D eigenvalue weighted by molar-refractivity contribution is 5.85. The molecule has 2 heterocycles. The highest BCUT2D eigenvalue weighted by Gasteiger charge is 2.31. The zero-order valence-electron chi connectivity index (χ0n) is 15.5. The number of hydrogen-bond acceptors (Lipinski definition) is 3. The Labute approximate surface area is 154 Å². The average Bonchev–Trinajstić information content (AvgIpc) is 2.97. The lowest BCUT2D eigenvalue weighted by Gasteiger charge is -2.37. The van der Waals surface area contributed by atoms with E-state index >= 15 is 0 Å². The van der Waals surface area contributed by atoms with Crippen LogP contribution in [0.15, 0.2) is 24.3 Å². The third kappa shape index (κ3) is 4.33. The molecule has 0 unspecified atom stereocenters. The first-order chi connectivity index (χ1) is 12.4. The Bertz CT molecular complexity index is 641. The van der Waals surface area contributed by atoms with Gasteiger partial charge >= 0.3 is 6.03 Å². The molecule has 0 radical (unpaired) electrons. The second kappa shape index (κ2) is 8.03. The van der Waals surface area contributed by atoms with Gasteiger partial charge in [0.1, 0.15) is 12.4 Å². The summed E-state index contributed by atoms with van der Waals surface area (Å²) in [7, 11) is 0. The van der Waals surface area contributed by atoms with Crippen LogP contribution in [0.3, 0.4) is 0 Å². The van der Waals surface area contributed by atoms with Crippen LogP contribution in [0.4, 0.5) is 9.18 Å². The molecule has 0 aliphatic carbocycles. The van der Waals surface area contributed by atoms with Crippen molar-refractivity contribution in [1.29, 1.82) is 0 Å². The van der Waals surface area contributed by atoms with E-state index in [-0.39, 0.29) is 24.3 Å². The first-order valence-electron chi connectivity index (χ1n) is 9.24. The molecule has 0 bridgehead atoms. The maximum absolute atomic E-state index is 13.0. The fourth-order valence-corrected chi connectivity index (χ4v) is 3.49. The lowest BCUT2D eigenvalue weighted by atomic mass is 10.2. The van der Waals surface area contributed by atoms with Crippen LogP contribution >= 0.6 is 0 Å². The second-order valence-electron chi connectivity index (χ2n) is 7.26. The van der Waals surface area contributed by atoms with Crippen molar-refractivity contribution >= 4 is 11.9 Å². The minimum Gasteiger partial charge on any atom is -0.339 e. The fourth-order valence-electron chi connectivity index (χ4n) is 3.49. The molecule has 6 nitrogen and oxygen atoms in total. The Hall–Kier alpha value is -2.15. The van der Waals surface area contributed by atoms with Crippen LogP contribution in [0.2, 0.25) is 0 Å². The van der Waals surface area contributed by atoms with Crippen LogP contribution in [0, 0.1) is 5.82 Å². The van der Waals surface area contributed by atoms with Gasteiger partial charge in [0.25, 0.3) is 0 Å². The van der Waals surface area contributed by atoms with Crippen molar-refractivity contribution in [2.24, 2.45) is 0 Å². The zero-order valence-corrected chi connectivity index (χ0v) is 15.5. The van der Waals surface area contributed by atoms with E-state index in [9.17, 15) is 14.0 Å². The minimum atomic E-state index is -0.286. The summed E-state index contributed by atoms with van der Waals surface area (Å²) in [6, 6.07) is 6.54. The highest BCUT2D eigenvalue weighted by Crippen LogP contribution is 2.15. The number of urea groups is 1. The molecule has 0 atom stereocenters. The predicted octanol–water partition coefficient (Wildman–Crippen LogP) is 1.62. The number of carbonyl (C=O) groups is 2. The Morgan fingerprint density at radius 3 is 2.23 bits per heavy atom. The van der Waals surface area contributed by atoms with E-state index in [1.54, 1.807) is 21.9 Å². The van der Waals surface area contributed by atoms with Gasteiger partial charge in [-0.2, -0.15) is 0 Å². The summed E-state index contributed by atoms with van der Waals surface area (Å²) in [6.07, 6.45) is 0. The van der Waals surface area contributed by atoms with Crippen LogP contribution in [-0.4, -0.2) is 83.4 Å². The smallest absolute Gasteiger partial charge is 0.320 e. The van der Waals surface area contributed by atoms with Crippen LogP contribution in [0.5, 0.6) is 0 Å². The van der Waals surface area contributed by atoms with E-state index in [1.807, 2.05) is 4.90 Å². The van der Waals surface area contributed by atoms with E-state index in [1.165, 1.54) is 12.1 Å². The molecule has 26 heavy (non-hydrogen) atoms. The maximum atomic E-state index is 13.0. The molecule has 1 aromatic carbocycles. The Morgan fingerprint density at radius 2 is 1.62 bits per heavy atom. The van der Waals surface area contributed by atoms with E-state index in [4.69, 9.17) is 0 Å². The number of nitrogens with zero attached hydrogens (tertiary/aromatic N) is 4. The van der Waals surface area contributed by atoms with Crippen molar-refractivity contribution in [2.45, 2.75) is 26.4 Å². The number of benzene rings is 1. The van der Waals surface area contributed by atoms with Gasteiger partial charge in [-0.15, -0.1) is 0 Å². The van der Waals surface area contributed by atoms with Crippen molar-refractivity contribution < 1.29 is 14.0 Å². The Morgan fingerprint density at radius 1 is 1.00 bits per heavy atom. The third-order valence-corrected chi connectivity index (χ3v) is 5.19.